The van der Waals surface area contributed by atoms with Crippen LogP contribution in [-0.4, -0.2) is 61.5 Å². The molecule has 1 atom stereocenters. The molecule has 0 aromatic heterocycles. The minimum Gasteiger partial charge on any atom is -0.468 e. The largest absolute Gasteiger partial charge is 0.468 e. The normalized spacial score (nSPS) is 18.0. The summed E-state index contributed by atoms with van der Waals surface area (Å²) in [4.78, 5) is 28.3. The van der Waals surface area contributed by atoms with Crippen LogP contribution < -0.4 is 0 Å². The molecule has 150 valence electrons. The van der Waals surface area contributed by atoms with Gasteiger partial charge in [0.2, 0.25) is 5.91 Å². The van der Waals surface area contributed by atoms with Crippen LogP contribution in [0.2, 0.25) is 10.0 Å². The number of carbonyl (C=O) groups is 2. The van der Waals surface area contributed by atoms with Crippen LogP contribution in [0.15, 0.2) is 18.2 Å². The maximum absolute atomic E-state index is 12.6. The summed E-state index contributed by atoms with van der Waals surface area (Å²) in [5.41, 5.74) is 0.00525. The van der Waals surface area contributed by atoms with Gasteiger partial charge in [0.1, 0.15) is 0 Å². The van der Waals surface area contributed by atoms with Crippen molar-refractivity contribution < 1.29 is 14.3 Å². The summed E-state index contributed by atoms with van der Waals surface area (Å²) >= 11 is 12.2. The highest BCUT2D eigenvalue weighted by Gasteiger charge is 2.37. The zero-order chi connectivity index (χ0) is 20.2. The number of likely N-dealkylation sites (tertiary alicyclic amines) is 1. The Labute approximate surface area is 171 Å². The molecule has 1 saturated heterocycles. The maximum Gasteiger partial charge on any atom is 0.316 e. The highest BCUT2D eigenvalue weighted by Crippen LogP contribution is 2.34. The van der Waals surface area contributed by atoms with E-state index < -0.39 is 5.41 Å². The summed E-state index contributed by atoms with van der Waals surface area (Å²) in [5.74, 6) is -0.182. The quantitative estimate of drug-likeness (QED) is 0.664. The smallest absolute Gasteiger partial charge is 0.316 e. The molecule has 1 amide bonds. The Morgan fingerprint density at radius 2 is 1.89 bits per heavy atom. The molecule has 0 N–H and O–H groups in total. The number of halogens is 2. The van der Waals surface area contributed by atoms with Crippen molar-refractivity contribution in [2.45, 2.75) is 44.6 Å². The first kappa shape index (κ1) is 22.0. The van der Waals surface area contributed by atoms with E-state index in [1.807, 2.05) is 24.9 Å². The van der Waals surface area contributed by atoms with Gasteiger partial charge in [-0.2, -0.15) is 0 Å². The van der Waals surface area contributed by atoms with E-state index in [0.29, 0.717) is 22.5 Å². The molecule has 2 rings (SSSR count). The van der Waals surface area contributed by atoms with E-state index in [-0.39, 0.29) is 11.9 Å². The minimum absolute atomic E-state index is 0.103. The van der Waals surface area contributed by atoms with Crippen molar-refractivity contribution in [2.75, 3.05) is 33.8 Å². The number of methoxy groups -OCH3 is 1. The van der Waals surface area contributed by atoms with Crippen molar-refractivity contribution in [1.29, 1.82) is 0 Å². The molecular weight excluding hydrogens is 387 g/mol. The topological polar surface area (TPSA) is 49.9 Å². The third kappa shape index (κ3) is 5.15. The Morgan fingerprint density at radius 3 is 2.41 bits per heavy atom. The van der Waals surface area contributed by atoms with Crippen LogP contribution in [0.5, 0.6) is 0 Å². The molecule has 0 saturated carbocycles. The predicted molar refractivity (Wildman–Crippen MR) is 108 cm³/mol. The number of ether oxygens (including phenoxy) is 1. The predicted octanol–water partition coefficient (Wildman–Crippen LogP) is 3.76. The van der Waals surface area contributed by atoms with Crippen LogP contribution in [0, 0.1) is 0 Å². The first-order valence-electron chi connectivity index (χ1n) is 9.18. The summed E-state index contributed by atoms with van der Waals surface area (Å²) in [6, 6.07) is 5.58. The average Bonchev–Trinajstić information content (AvgIpc) is 2.67. The molecule has 1 heterocycles. The molecule has 1 aromatic carbocycles. The standard InChI is InChI=1S/C20H28Cl2N2O3/c1-14(25)23(3)16-7-10-24(11-8-16)12-9-20(2,19(26)27-4)15-5-6-17(21)18(22)13-15/h5-6,13,16H,7-12H2,1-4H3. The van der Waals surface area contributed by atoms with Gasteiger partial charge in [-0.3, -0.25) is 9.59 Å². The second kappa shape index (κ2) is 9.26. The van der Waals surface area contributed by atoms with Gasteiger partial charge < -0.3 is 14.5 Å². The van der Waals surface area contributed by atoms with Gasteiger partial charge in [-0.1, -0.05) is 29.3 Å². The Balaban J connectivity index is 2.04. The van der Waals surface area contributed by atoms with E-state index in [4.69, 9.17) is 27.9 Å². The Hall–Kier alpha value is -1.30. The Bertz CT molecular complexity index is 690. The van der Waals surface area contributed by atoms with Crippen LogP contribution >= 0.6 is 23.2 Å². The van der Waals surface area contributed by atoms with Crippen LogP contribution in [0.3, 0.4) is 0 Å². The van der Waals surface area contributed by atoms with Crippen molar-refractivity contribution in [3.05, 3.63) is 33.8 Å². The number of hydrogen-bond acceptors (Lipinski definition) is 4. The van der Waals surface area contributed by atoms with Crippen molar-refractivity contribution in [3.63, 3.8) is 0 Å². The fourth-order valence-corrected chi connectivity index (χ4v) is 3.90. The van der Waals surface area contributed by atoms with Gasteiger partial charge in [-0.25, -0.2) is 0 Å². The van der Waals surface area contributed by atoms with Gasteiger partial charge in [0.05, 0.1) is 22.6 Å². The van der Waals surface area contributed by atoms with Crippen molar-refractivity contribution in [2.24, 2.45) is 0 Å². The van der Waals surface area contributed by atoms with Gasteiger partial charge in [-0.05, 0) is 50.4 Å². The number of nitrogens with zero attached hydrogens (tertiary/aromatic N) is 2. The first-order valence-corrected chi connectivity index (χ1v) is 9.94. The number of hydrogen-bond donors (Lipinski definition) is 0. The summed E-state index contributed by atoms with van der Waals surface area (Å²) < 4.78 is 5.08. The average molecular weight is 415 g/mol. The third-order valence-electron chi connectivity index (χ3n) is 5.72. The second-order valence-electron chi connectivity index (χ2n) is 7.41. The number of carbonyl (C=O) groups excluding carboxylic acids is 2. The molecule has 5 nitrogen and oxygen atoms in total. The fourth-order valence-electron chi connectivity index (χ4n) is 3.60. The number of esters is 1. The lowest BCUT2D eigenvalue weighted by atomic mass is 9.79. The summed E-state index contributed by atoms with van der Waals surface area (Å²) in [6.07, 6.45) is 2.50. The van der Waals surface area contributed by atoms with Gasteiger partial charge in [0, 0.05) is 33.1 Å². The number of rotatable bonds is 6. The molecule has 1 fully saturated rings. The van der Waals surface area contributed by atoms with Crippen molar-refractivity contribution in [3.8, 4) is 0 Å². The summed E-state index contributed by atoms with van der Waals surface area (Å²) in [7, 11) is 3.27. The van der Waals surface area contributed by atoms with Crippen LogP contribution in [-0.2, 0) is 19.7 Å². The van der Waals surface area contributed by atoms with E-state index in [1.165, 1.54) is 7.11 Å². The zero-order valence-corrected chi connectivity index (χ0v) is 17.9. The third-order valence-corrected chi connectivity index (χ3v) is 6.46. The molecule has 0 spiro atoms. The zero-order valence-electron chi connectivity index (χ0n) is 16.4. The Morgan fingerprint density at radius 1 is 1.26 bits per heavy atom. The summed E-state index contributed by atoms with van der Waals surface area (Å²) in [6.45, 7) is 6.06. The molecule has 1 aliphatic heterocycles. The van der Waals surface area contributed by atoms with E-state index in [0.717, 1.165) is 38.0 Å². The minimum atomic E-state index is -0.796. The van der Waals surface area contributed by atoms with E-state index >= 15 is 0 Å². The lowest BCUT2D eigenvalue weighted by Gasteiger charge is -2.38. The van der Waals surface area contributed by atoms with Crippen LogP contribution in [0.1, 0.15) is 38.7 Å². The fraction of sp³-hybridized carbons (Fsp3) is 0.600. The molecule has 0 radical (unpaired) electrons. The monoisotopic (exact) mass is 414 g/mol. The SMILES string of the molecule is COC(=O)C(C)(CCN1CCC(N(C)C(C)=O)CC1)c1ccc(Cl)c(Cl)c1. The molecule has 1 unspecified atom stereocenters. The number of benzene rings is 1. The molecule has 1 aliphatic rings. The molecule has 27 heavy (non-hydrogen) atoms. The lowest BCUT2D eigenvalue weighted by Crippen LogP contribution is -2.46. The molecule has 1 aromatic rings. The second-order valence-corrected chi connectivity index (χ2v) is 8.22. The maximum atomic E-state index is 12.6. The van der Waals surface area contributed by atoms with Crippen LogP contribution in [0.25, 0.3) is 0 Å². The van der Waals surface area contributed by atoms with Crippen molar-refractivity contribution in [1.82, 2.24) is 9.80 Å². The lowest BCUT2D eigenvalue weighted by molar-refractivity contribution is -0.147. The Kier molecular flexibility index (Phi) is 7.55. The highest BCUT2D eigenvalue weighted by atomic mass is 35.5. The molecular formula is C20H28Cl2N2O3. The molecule has 0 aliphatic carbocycles. The van der Waals surface area contributed by atoms with Gasteiger partial charge in [-0.15, -0.1) is 0 Å². The summed E-state index contributed by atoms with van der Waals surface area (Å²) in [5, 5.41) is 0.890. The number of amides is 1. The van der Waals surface area contributed by atoms with E-state index in [1.54, 1.807) is 19.1 Å². The van der Waals surface area contributed by atoms with Crippen molar-refractivity contribution >= 4 is 35.1 Å². The van der Waals surface area contributed by atoms with E-state index in [9.17, 15) is 9.59 Å². The van der Waals surface area contributed by atoms with Gasteiger partial charge in [0.25, 0.3) is 0 Å². The molecule has 7 heteroatoms. The number of piperidine rings is 1. The van der Waals surface area contributed by atoms with Gasteiger partial charge >= 0.3 is 5.97 Å². The first-order chi connectivity index (χ1) is 12.7. The highest BCUT2D eigenvalue weighted by molar-refractivity contribution is 6.42. The molecule has 0 bridgehead atoms. The van der Waals surface area contributed by atoms with Gasteiger partial charge in [0.15, 0.2) is 0 Å². The van der Waals surface area contributed by atoms with Crippen LogP contribution in [0.4, 0.5) is 0 Å². The van der Waals surface area contributed by atoms with E-state index in [2.05, 4.69) is 4.90 Å².